The summed E-state index contributed by atoms with van der Waals surface area (Å²) in [6.45, 7) is 6.48. The predicted molar refractivity (Wildman–Crippen MR) is 103 cm³/mol. The van der Waals surface area contributed by atoms with Crippen LogP contribution in [0.3, 0.4) is 0 Å². The van der Waals surface area contributed by atoms with E-state index in [9.17, 15) is 4.79 Å². The van der Waals surface area contributed by atoms with Gasteiger partial charge in [-0.05, 0) is 32.4 Å². The molecular weight excluding hydrogens is 336 g/mol. The Labute approximate surface area is 154 Å². The minimum Gasteiger partial charge on any atom is -0.493 e. The summed E-state index contributed by atoms with van der Waals surface area (Å²) in [5, 5.41) is 3.34. The van der Waals surface area contributed by atoms with Gasteiger partial charge < -0.3 is 10.1 Å². The molecule has 1 aromatic heterocycles. The lowest BCUT2D eigenvalue weighted by Crippen LogP contribution is -2.17. The molecule has 0 atom stereocenters. The second kappa shape index (κ2) is 9.42. The normalized spacial score (nSPS) is 10.6. The molecule has 0 aliphatic rings. The number of ether oxygens (including phenoxy) is 1. The molecule has 1 heterocycles. The molecule has 0 saturated heterocycles. The van der Waals surface area contributed by atoms with Gasteiger partial charge in [-0.3, -0.25) is 9.78 Å². The van der Waals surface area contributed by atoms with E-state index in [2.05, 4.69) is 17.2 Å². The Morgan fingerprint density at radius 1 is 1.20 bits per heavy atom. The van der Waals surface area contributed by atoms with Gasteiger partial charge in [-0.15, -0.1) is 0 Å². The van der Waals surface area contributed by atoms with Gasteiger partial charge in [0.2, 0.25) is 0 Å². The topological polar surface area (TPSA) is 51.2 Å². The first kappa shape index (κ1) is 19.3. The largest absolute Gasteiger partial charge is 0.493 e. The van der Waals surface area contributed by atoms with E-state index in [1.165, 1.54) is 12.8 Å². The third kappa shape index (κ3) is 5.46. The summed E-state index contributed by atoms with van der Waals surface area (Å²) >= 11 is 6.13. The van der Waals surface area contributed by atoms with Crippen molar-refractivity contribution in [3.8, 4) is 5.75 Å². The van der Waals surface area contributed by atoms with Crippen LogP contribution in [0.2, 0.25) is 5.02 Å². The number of rotatable bonds is 8. The molecule has 1 amide bonds. The number of nitrogens with one attached hydrogen (secondary N) is 1. The van der Waals surface area contributed by atoms with Crippen molar-refractivity contribution in [2.24, 2.45) is 0 Å². The average molecular weight is 361 g/mol. The second-order valence-corrected chi connectivity index (χ2v) is 6.47. The Bertz CT molecular complexity index is 732. The monoisotopic (exact) mass is 360 g/mol. The van der Waals surface area contributed by atoms with E-state index in [-0.39, 0.29) is 5.91 Å². The van der Waals surface area contributed by atoms with Crippen LogP contribution in [-0.2, 0) is 0 Å². The zero-order valence-corrected chi connectivity index (χ0v) is 15.8. The third-order valence-electron chi connectivity index (χ3n) is 3.90. The molecule has 2 rings (SSSR count). The van der Waals surface area contributed by atoms with E-state index in [4.69, 9.17) is 16.3 Å². The Kier molecular flexibility index (Phi) is 7.26. The van der Waals surface area contributed by atoms with Gasteiger partial charge in [-0.25, -0.2) is 0 Å². The van der Waals surface area contributed by atoms with Crippen molar-refractivity contribution in [1.29, 1.82) is 0 Å². The molecule has 0 aliphatic carbocycles. The number of unbranched alkanes of at least 4 members (excludes halogenated alkanes) is 3. The van der Waals surface area contributed by atoms with Crippen molar-refractivity contribution in [3.63, 3.8) is 0 Å². The van der Waals surface area contributed by atoms with Gasteiger partial charge in [0.15, 0.2) is 0 Å². The van der Waals surface area contributed by atoms with Gasteiger partial charge in [-0.2, -0.15) is 0 Å². The van der Waals surface area contributed by atoms with Crippen LogP contribution in [-0.4, -0.2) is 17.5 Å². The molecule has 2 aromatic rings. The van der Waals surface area contributed by atoms with E-state index in [0.29, 0.717) is 34.3 Å². The highest BCUT2D eigenvalue weighted by Crippen LogP contribution is 2.26. The number of aryl methyl sites for hydroxylation is 2. The van der Waals surface area contributed by atoms with Crippen LogP contribution in [0.5, 0.6) is 5.75 Å². The van der Waals surface area contributed by atoms with E-state index in [1.807, 2.05) is 32.0 Å². The molecule has 0 bridgehead atoms. The van der Waals surface area contributed by atoms with Gasteiger partial charge in [-0.1, -0.05) is 49.9 Å². The molecule has 1 aromatic carbocycles. The molecule has 0 unspecified atom stereocenters. The number of hydrogen-bond acceptors (Lipinski definition) is 3. The summed E-state index contributed by atoms with van der Waals surface area (Å²) in [4.78, 5) is 17.2. The summed E-state index contributed by atoms with van der Waals surface area (Å²) in [5.41, 5.74) is 2.51. The number of carbonyl (C=O) groups is 1. The molecular formula is C20H25ClN2O2. The fraction of sp³-hybridized carbons (Fsp3) is 0.400. The lowest BCUT2D eigenvalue weighted by Gasteiger charge is -2.15. The van der Waals surface area contributed by atoms with E-state index in [0.717, 1.165) is 18.5 Å². The highest BCUT2D eigenvalue weighted by Gasteiger charge is 2.18. The van der Waals surface area contributed by atoms with Gasteiger partial charge in [0, 0.05) is 11.8 Å². The molecule has 0 spiro atoms. The quantitative estimate of drug-likeness (QED) is 0.626. The predicted octanol–water partition coefficient (Wildman–Crippen LogP) is 5.56. The highest BCUT2D eigenvalue weighted by atomic mass is 35.5. The first-order chi connectivity index (χ1) is 12.0. The number of anilines is 1. The smallest absolute Gasteiger partial charge is 0.261 e. The lowest BCUT2D eigenvalue weighted by atomic mass is 10.1. The third-order valence-corrected chi connectivity index (χ3v) is 4.23. The summed E-state index contributed by atoms with van der Waals surface area (Å²) in [6, 6.07) is 8.97. The van der Waals surface area contributed by atoms with Crippen LogP contribution in [0.25, 0.3) is 0 Å². The maximum absolute atomic E-state index is 12.8. The molecule has 0 radical (unpaired) electrons. The standard InChI is InChI=1S/C20H25ClN2O2/c1-4-5-6-9-12-25-18-13-14(2)22-15(3)19(18)20(24)23-17-11-8-7-10-16(17)21/h7-8,10-11,13H,4-6,9,12H2,1-3H3,(H,23,24). The Hall–Kier alpha value is -2.07. The zero-order valence-electron chi connectivity index (χ0n) is 15.1. The molecule has 0 saturated carbocycles. The molecule has 0 aliphatic heterocycles. The molecule has 0 fully saturated rings. The van der Waals surface area contributed by atoms with Crippen LogP contribution in [0.1, 0.15) is 54.4 Å². The Morgan fingerprint density at radius 3 is 2.68 bits per heavy atom. The van der Waals surface area contributed by atoms with Gasteiger partial charge in [0.1, 0.15) is 11.3 Å². The fourth-order valence-corrected chi connectivity index (χ4v) is 2.82. The molecule has 134 valence electrons. The maximum atomic E-state index is 12.8. The van der Waals surface area contributed by atoms with Gasteiger partial charge in [0.05, 0.1) is 23.0 Å². The van der Waals surface area contributed by atoms with Crippen LogP contribution in [0, 0.1) is 13.8 Å². The second-order valence-electron chi connectivity index (χ2n) is 6.07. The van der Waals surface area contributed by atoms with Crippen molar-refractivity contribution in [2.45, 2.75) is 46.5 Å². The van der Waals surface area contributed by atoms with E-state index < -0.39 is 0 Å². The summed E-state index contributed by atoms with van der Waals surface area (Å²) in [6.07, 6.45) is 4.47. The van der Waals surface area contributed by atoms with Gasteiger partial charge in [0.25, 0.3) is 5.91 Å². The fourth-order valence-electron chi connectivity index (χ4n) is 2.64. The van der Waals surface area contributed by atoms with Crippen LogP contribution < -0.4 is 10.1 Å². The summed E-state index contributed by atoms with van der Waals surface area (Å²) < 4.78 is 5.90. The first-order valence-corrected chi connectivity index (χ1v) is 9.07. The van der Waals surface area contributed by atoms with E-state index in [1.54, 1.807) is 12.1 Å². The number of amides is 1. The van der Waals surface area contributed by atoms with Crippen molar-refractivity contribution in [2.75, 3.05) is 11.9 Å². The number of nitrogens with zero attached hydrogens (tertiary/aromatic N) is 1. The molecule has 5 heteroatoms. The minimum atomic E-state index is -0.262. The SMILES string of the molecule is CCCCCCOc1cc(C)nc(C)c1C(=O)Nc1ccccc1Cl. The maximum Gasteiger partial charge on any atom is 0.261 e. The number of pyridine rings is 1. The Morgan fingerprint density at radius 2 is 1.96 bits per heavy atom. The number of aromatic nitrogens is 1. The highest BCUT2D eigenvalue weighted by molar-refractivity contribution is 6.34. The van der Waals surface area contributed by atoms with Crippen LogP contribution in [0.15, 0.2) is 30.3 Å². The Balaban J connectivity index is 2.17. The lowest BCUT2D eigenvalue weighted by molar-refractivity contribution is 0.102. The average Bonchev–Trinajstić information content (AvgIpc) is 2.56. The number of hydrogen-bond donors (Lipinski definition) is 1. The van der Waals surface area contributed by atoms with E-state index >= 15 is 0 Å². The summed E-state index contributed by atoms with van der Waals surface area (Å²) in [7, 11) is 0. The van der Waals surface area contributed by atoms with Crippen LogP contribution in [0.4, 0.5) is 5.69 Å². The number of benzene rings is 1. The molecule has 4 nitrogen and oxygen atoms in total. The van der Waals surface area contributed by atoms with Crippen molar-refractivity contribution in [3.05, 3.63) is 52.3 Å². The van der Waals surface area contributed by atoms with Gasteiger partial charge >= 0.3 is 0 Å². The first-order valence-electron chi connectivity index (χ1n) is 8.69. The van der Waals surface area contributed by atoms with Crippen molar-refractivity contribution < 1.29 is 9.53 Å². The number of carbonyl (C=O) groups excluding carboxylic acids is 1. The van der Waals surface area contributed by atoms with Crippen molar-refractivity contribution in [1.82, 2.24) is 4.98 Å². The number of para-hydroxylation sites is 1. The molecule has 25 heavy (non-hydrogen) atoms. The minimum absolute atomic E-state index is 0.262. The van der Waals surface area contributed by atoms with Crippen LogP contribution >= 0.6 is 11.6 Å². The summed E-state index contributed by atoms with van der Waals surface area (Å²) in [5.74, 6) is 0.313. The zero-order chi connectivity index (χ0) is 18.2. The number of halogens is 1. The molecule has 1 N–H and O–H groups in total. The van der Waals surface area contributed by atoms with Crippen molar-refractivity contribution >= 4 is 23.2 Å².